The first-order valence-electron chi connectivity index (χ1n) is 6.80. The van der Waals surface area contributed by atoms with Crippen molar-refractivity contribution in [2.45, 2.75) is 38.5 Å². The summed E-state index contributed by atoms with van der Waals surface area (Å²) in [6, 6.07) is 14.9. The summed E-state index contributed by atoms with van der Waals surface area (Å²) in [7, 11) is 0. The topological polar surface area (TPSA) is 12.9 Å². The zero-order chi connectivity index (χ0) is 12.6. The third kappa shape index (κ3) is 3.99. The fourth-order valence-corrected chi connectivity index (χ4v) is 2.26. The van der Waals surface area contributed by atoms with E-state index in [4.69, 9.17) is 0 Å². The molecule has 0 saturated carbocycles. The van der Waals surface area contributed by atoms with Crippen LogP contribution in [0.2, 0.25) is 0 Å². The van der Waals surface area contributed by atoms with Gasteiger partial charge in [-0.1, -0.05) is 49.7 Å². The number of pyridine rings is 1. The average molecular weight is 239 g/mol. The minimum Gasteiger partial charge on any atom is -0.264 e. The number of aromatic nitrogens is 1. The standard InChI is InChI=1S/C17H21N/c1-15(17-12-7-13-18-14-17)8-5-6-11-16-9-3-2-4-10-16/h2-4,7,9-10,12-15H,5-6,8,11H2,1H3. The summed E-state index contributed by atoms with van der Waals surface area (Å²) in [5.74, 6) is 0.620. The van der Waals surface area contributed by atoms with Crippen LogP contribution in [0.1, 0.15) is 43.2 Å². The van der Waals surface area contributed by atoms with Crippen molar-refractivity contribution in [3.8, 4) is 0 Å². The van der Waals surface area contributed by atoms with Gasteiger partial charge in [0.05, 0.1) is 0 Å². The summed E-state index contributed by atoms with van der Waals surface area (Å²) in [5, 5.41) is 0. The van der Waals surface area contributed by atoms with Crippen LogP contribution in [-0.2, 0) is 6.42 Å². The molecule has 94 valence electrons. The Morgan fingerprint density at radius 2 is 1.83 bits per heavy atom. The Labute approximate surface area is 110 Å². The van der Waals surface area contributed by atoms with Crippen molar-refractivity contribution >= 4 is 0 Å². The minimum atomic E-state index is 0.620. The molecule has 1 nitrogen and oxygen atoms in total. The van der Waals surface area contributed by atoms with Crippen LogP contribution >= 0.6 is 0 Å². The number of unbranched alkanes of at least 4 members (excludes halogenated alkanes) is 1. The number of rotatable bonds is 6. The van der Waals surface area contributed by atoms with Gasteiger partial charge in [-0.05, 0) is 42.4 Å². The molecule has 0 aliphatic rings. The maximum atomic E-state index is 4.18. The number of hydrogen-bond donors (Lipinski definition) is 0. The molecule has 0 amide bonds. The van der Waals surface area contributed by atoms with Crippen molar-refractivity contribution in [3.05, 3.63) is 66.0 Å². The van der Waals surface area contributed by atoms with Gasteiger partial charge in [-0.25, -0.2) is 0 Å². The third-order valence-corrected chi connectivity index (χ3v) is 3.45. The van der Waals surface area contributed by atoms with Crippen LogP contribution in [0.4, 0.5) is 0 Å². The Hall–Kier alpha value is -1.63. The van der Waals surface area contributed by atoms with Crippen molar-refractivity contribution in [1.29, 1.82) is 0 Å². The molecule has 1 unspecified atom stereocenters. The predicted octanol–water partition coefficient (Wildman–Crippen LogP) is 4.60. The van der Waals surface area contributed by atoms with Crippen molar-refractivity contribution in [2.75, 3.05) is 0 Å². The van der Waals surface area contributed by atoms with Crippen LogP contribution < -0.4 is 0 Å². The summed E-state index contributed by atoms with van der Waals surface area (Å²) in [6.07, 6.45) is 8.83. The lowest BCUT2D eigenvalue weighted by molar-refractivity contribution is 0.603. The molecule has 2 rings (SSSR count). The molecule has 1 atom stereocenters. The van der Waals surface area contributed by atoms with Gasteiger partial charge in [0, 0.05) is 12.4 Å². The molecule has 0 N–H and O–H groups in total. The first-order valence-corrected chi connectivity index (χ1v) is 6.80. The fourth-order valence-electron chi connectivity index (χ4n) is 2.26. The monoisotopic (exact) mass is 239 g/mol. The number of aryl methyl sites for hydroxylation is 1. The Kier molecular flexibility index (Phi) is 4.95. The van der Waals surface area contributed by atoms with Gasteiger partial charge in [-0.15, -0.1) is 0 Å². The van der Waals surface area contributed by atoms with E-state index in [0.717, 1.165) is 0 Å². The summed E-state index contributed by atoms with van der Waals surface area (Å²) < 4.78 is 0. The lowest BCUT2D eigenvalue weighted by Gasteiger charge is -2.10. The number of nitrogens with zero attached hydrogens (tertiary/aromatic N) is 1. The van der Waals surface area contributed by atoms with Crippen molar-refractivity contribution in [1.82, 2.24) is 4.98 Å². The SMILES string of the molecule is CC(CCCCc1ccccc1)c1cccnc1. The molecule has 0 radical (unpaired) electrons. The molecule has 2 aromatic rings. The minimum absolute atomic E-state index is 0.620. The number of hydrogen-bond acceptors (Lipinski definition) is 1. The quantitative estimate of drug-likeness (QED) is 0.671. The van der Waals surface area contributed by atoms with Crippen LogP contribution in [0.5, 0.6) is 0 Å². The second-order valence-corrected chi connectivity index (χ2v) is 4.92. The second-order valence-electron chi connectivity index (χ2n) is 4.92. The average Bonchev–Trinajstić information content (AvgIpc) is 2.45. The largest absolute Gasteiger partial charge is 0.264 e. The van der Waals surface area contributed by atoms with Crippen LogP contribution in [-0.4, -0.2) is 4.98 Å². The van der Waals surface area contributed by atoms with E-state index in [2.05, 4.69) is 48.3 Å². The summed E-state index contributed by atoms with van der Waals surface area (Å²) in [4.78, 5) is 4.18. The molecule has 0 aliphatic heterocycles. The Bertz CT molecular complexity index is 436. The molecule has 0 fully saturated rings. The maximum absolute atomic E-state index is 4.18. The molecular weight excluding hydrogens is 218 g/mol. The highest BCUT2D eigenvalue weighted by atomic mass is 14.6. The molecular formula is C17H21N. The lowest BCUT2D eigenvalue weighted by Crippen LogP contribution is -1.95. The molecule has 0 saturated heterocycles. The number of benzene rings is 1. The van der Waals surface area contributed by atoms with Gasteiger partial charge in [-0.2, -0.15) is 0 Å². The van der Waals surface area contributed by atoms with Crippen molar-refractivity contribution in [3.63, 3.8) is 0 Å². The van der Waals surface area contributed by atoms with Crippen LogP contribution in [0, 0.1) is 0 Å². The van der Waals surface area contributed by atoms with E-state index in [1.165, 1.54) is 36.8 Å². The van der Waals surface area contributed by atoms with Gasteiger partial charge in [0.1, 0.15) is 0 Å². The molecule has 0 spiro atoms. The zero-order valence-electron chi connectivity index (χ0n) is 11.0. The van der Waals surface area contributed by atoms with E-state index < -0.39 is 0 Å². The Balaban J connectivity index is 1.70. The van der Waals surface area contributed by atoms with E-state index in [1.54, 1.807) is 0 Å². The van der Waals surface area contributed by atoms with E-state index in [1.807, 2.05) is 18.5 Å². The highest BCUT2D eigenvalue weighted by Gasteiger charge is 2.04. The summed E-state index contributed by atoms with van der Waals surface area (Å²) in [6.45, 7) is 2.29. The van der Waals surface area contributed by atoms with Gasteiger partial charge >= 0.3 is 0 Å². The molecule has 1 heterocycles. The highest BCUT2D eigenvalue weighted by molar-refractivity contribution is 5.15. The highest BCUT2D eigenvalue weighted by Crippen LogP contribution is 2.20. The van der Waals surface area contributed by atoms with E-state index in [0.29, 0.717) is 5.92 Å². The fraction of sp³-hybridized carbons (Fsp3) is 0.353. The van der Waals surface area contributed by atoms with E-state index >= 15 is 0 Å². The summed E-state index contributed by atoms with van der Waals surface area (Å²) >= 11 is 0. The first-order chi connectivity index (χ1) is 8.86. The molecule has 1 heteroatoms. The summed E-state index contributed by atoms with van der Waals surface area (Å²) in [5.41, 5.74) is 2.81. The van der Waals surface area contributed by atoms with Crippen LogP contribution in [0.3, 0.4) is 0 Å². The first kappa shape index (κ1) is 12.8. The lowest BCUT2D eigenvalue weighted by atomic mass is 9.96. The van der Waals surface area contributed by atoms with Gasteiger partial charge in [0.2, 0.25) is 0 Å². The van der Waals surface area contributed by atoms with Gasteiger partial charge in [0.15, 0.2) is 0 Å². The molecule has 0 aliphatic carbocycles. The van der Waals surface area contributed by atoms with Crippen molar-refractivity contribution < 1.29 is 0 Å². The normalized spacial score (nSPS) is 12.3. The second kappa shape index (κ2) is 6.95. The van der Waals surface area contributed by atoms with E-state index in [9.17, 15) is 0 Å². The van der Waals surface area contributed by atoms with E-state index in [-0.39, 0.29) is 0 Å². The smallest absolute Gasteiger partial charge is 0.0302 e. The molecule has 1 aromatic carbocycles. The van der Waals surface area contributed by atoms with Crippen LogP contribution in [0.25, 0.3) is 0 Å². The third-order valence-electron chi connectivity index (χ3n) is 3.45. The predicted molar refractivity (Wildman–Crippen MR) is 76.6 cm³/mol. The van der Waals surface area contributed by atoms with Gasteiger partial charge in [-0.3, -0.25) is 4.98 Å². The van der Waals surface area contributed by atoms with Gasteiger partial charge < -0.3 is 0 Å². The zero-order valence-corrected chi connectivity index (χ0v) is 11.0. The van der Waals surface area contributed by atoms with Crippen LogP contribution in [0.15, 0.2) is 54.9 Å². The Morgan fingerprint density at radius 3 is 2.56 bits per heavy atom. The maximum Gasteiger partial charge on any atom is 0.0302 e. The van der Waals surface area contributed by atoms with Crippen molar-refractivity contribution in [2.24, 2.45) is 0 Å². The molecule has 0 bridgehead atoms. The molecule has 18 heavy (non-hydrogen) atoms. The van der Waals surface area contributed by atoms with Gasteiger partial charge in [0.25, 0.3) is 0 Å². The molecule has 1 aromatic heterocycles. The Morgan fingerprint density at radius 1 is 1.00 bits per heavy atom.